The summed E-state index contributed by atoms with van der Waals surface area (Å²) in [5, 5.41) is 3.30. The lowest BCUT2D eigenvalue weighted by Crippen LogP contribution is -2.52. The highest BCUT2D eigenvalue weighted by atomic mass is 79.9. The fourth-order valence-corrected chi connectivity index (χ4v) is 3.06. The van der Waals surface area contributed by atoms with Crippen LogP contribution in [0, 0.1) is 0 Å². The molecule has 4 nitrogen and oxygen atoms in total. The summed E-state index contributed by atoms with van der Waals surface area (Å²) < 4.78 is 6.14. The standard InChI is InChI=1S/C15H21BrN2O2/c1-11-10-17-7-8-18(11)15(19)6-4-12-3-5-14(20-2)13(16)9-12/h3,5,9,11,17H,4,6-8,10H2,1-2H3. The molecule has 1 aliphatic rings. The van der Waals surface area contributed by atoms with E-state index in [2.05, 4.69) is 28.2 Å². The van der Waals surface area contributed by atoms with Gasteiger partial charge in [-0.25, -0.2) is 0 Å². The molecule has 1 unspecified atom stereocenters. The van der Waals surface area contributed by atoms with Crippen molar-refractivity contribution in [2.24, 2.45) is 0 Å². The molecule has 0 spiro atoms. The fourth-order valence-electron chi connectivity index (χ4n) is 2.47. The van der Waals surface area contributed by atoms with Gasteiger partial charge in [0.15, 0.2) is 0 Å². The molecular formula is C15H21BrN2O2. The minimum absolute atomic E-state index is 0.242. The Kier molecular flexibility index (Phi) is 5.43. The number of hydrogen-bond donors (Lipinski definition) is 1. The molecule has 0 aliphatic carbocycles. The zero-order chi connectivity index (χ0) is 14.5. The predicted molar refractivity (Wildman–Crippen MR) is 83.1 cm³/mol. The number of nitrogens with zero attached hydrogens (tertiary/aromatic N) is 1. The number of benzene rings is 1. The summed E-state index contributed by atoms with van der Waals surface area (Å²) in [5.41, 5.74) is 1.15. The first-order chi connectivity index (χ1) is 9.61. The van der Waals surface area contributed by atoms with Gasteiger partial charge in [0.05, 0.1) is 11.6 Å². The first-order valence-corrected chi connectivity index (χ1v) is 7.73. The Morgan fingerprint density at radius 1 is 1.55 bits per heavy atom. The van der Waals surface area contributed by atoms with Crippen LogP contribution in [-0.2, 0) is 11.2 Å². The van der Waals surface area contributed by atoms with E-state index in [-0.39, 0.29) is 5.91 Å². The van der Waals surface area contributed by atoms with E-state index < -0.39 is 0 Å². The van der Waals surface area contributed by atoms with Gasteiger partial charge >= 0.3 is 0 Å². The third kappa shape index (κ3) is 3.73. The van der Waals surface area contributed by atoms with Gasteiger partial charge in [0.1, 0.15) is 5.75 Å². The van der Waals surface area contributed by atoms with Crippen molar-refractivity contribution in [2.45, 2.75) is 25.8 Å². The maximum atomic E-state index is 12.3. The van der Waals surface area contributed by atoms with Crippen molar-refractivity contribution in [2.75, 3.05) is 26.7 Å². The third-order valence-electron chi connectivity index (χ3n) is 3.67. The molecular weight excluding hydrogens is 320 g/mol. The lowest BCUT2D eigenvalue weighted by molar-refractivity contribution is -0.133. The van der Waals surface area contributed by atoms with Crippen LogP contribution in [0.15, 0.2) is 22.7 Å². The Morgan fingerprint density at radius 3 is 3.00 bits per heavy atom. The molecule has 1 aromatic rings. The molecule has 1 amide bonds. The quantitative estimate of drug-likeness (QED) is 0.913. The average molecular weight is 341 g/mol. The smallest absolute Gasteiger partial charge is 0.223 e. The van der Waals surface area contributed by atoms with Gasteiger partial charge in [-0.3, -0.25) is 4.79 Å². The van der Waals surface area contributed by atoms with E-state index in [0.717, 1.165) is 41.8 Å². The first-order valence-electron chi connectivity index (χ1n) is 6.94. The van der Waals surface area contributed by atoms with Crippen LogP contribution in [-0.4, -0.2) is 43.6 Å². The second kappa shape index (κ2) is 7.09. The molecule has 1 aromatic carbocycles. The van der Waals surface area contributed by atoms with Crippen LogP contribution in [0.3, 0.4) is 0 Å². The summed E-state index contributed by atoms with van der Waals surface area (Å²) in [4.78, 5) is 14.2. The number of halogens is 1. The molecule has 1 N–H and O–H groups in total. The van der Waals surface area contributed by atoms with Crippen LogP contribution in [0.5, 0.6) is 5.75 Å². The van der Waals surface area contributed by atoms with Crippen molar-refractivity contribution in [3.8, 4) is 5.75 Å². The maximum Gasteiger partial charge on any atom is 0.223 e. The lowest BCUT2D eigenvalue weighted by Gasteiger charge is -2.34. The topological polar surface area (TPSA) is 41.6 Å². The SMILES string of the molecule is COc1ccc(CCC(=O)N2CCNCC2C)cc1Br. The Balaban J connectivity index is 1.91. The molecule has 0 bridgehead atoms. The third-order valence-corrected chi connectivity index (χ3v) is 4.29. The van der Waals surface area contributed by atoms with Gasteiger partial charge in [0, 0.05) is 32.1 Å². The first kappa shape index (κ1) is 15.3. The summed E-state index contributed by atoms with van der Waals surface area (Å²) in [6.45, 7) is 4.68. The summed E-state index contributed by atoms with van der Waals surface area (Å²) in [6.07, 6.45) is 1.32. The molecule has 2 rings (SSSR count). The molecule has 0 aromatic heterocycles. The molecule has 1 fully saturated rings. The Morgan fingerprint density at radius 2 is 2.35 bits per heavy atom. The zero-order valence-electron chi connectivity index (χ0n) is 12.0. The van der Waals surface area contributed by atoms with Crippen LogP contribution < -0.4 is 10.1 Å². The van der Waals surface area contributed by atoms with Gasteiger partial charge in [0.25, 0.3) is 0 Å². The van der Waals surface area contributed by atoms with Gasteiger partial charge in [-0.1, -0.05) is 6.07 Å². The van der Waals surface area contributed by atoms with Crippen molar-refractivity contribution in [1.29, 1.82) is 0 Å². The van der Waals surface area contributed by atoms with Gasteiger partial charge in [0.2, 0.25) is 5.91 Å². The second-order valence-electron chi connectivity index (χ2n) is 5.11. The number of piperazine rings is 1. The Labute approximate surface area is 128 Å². The van der Waals surface area contributed by atoms with Gasteiger partial charge in [-0.2, -0.15) is 0 Å². The van der Waals surface area contributed by atoms with E-state index in [1.807, 2.05) is 23.1 Å². The van der Waals surface area contributed by atoms with Gasteiger partial charge in [-0.15, -0.1) is 0 Å². The lowest BCUT2D eigenvalue weighted by atomic mass is 10.1. The molecule has 1 atom stereocenters. The number of carbonyl (C=O) groups excluding carboxylic acids is 1. The molecule has 0 saturated carbocycles. The number of nitrogens with one attached hydrogen (secondary N) is 1. The normalized spacial score (nSPS) is 18.9. The number of aryl methyl sites for hydroxylation is 1. The van der Waals surface area contributed by atoms with E-state index >= 15 is 0 Å². The van der Waals surface area contributed by atoms with E-state index in [0.29, 0.717) is 12.5 Å². The number of carbonyl (C=O) groups is 1. The van der Waals surface area contributed by atoms with Crippen LogP contribution in [0.2, 0.25) is 0 Å². The van der Waals surface area contributed by atoms with Crippen molar-refractivity contribution < 1.29 is 9.53 Å². The zero-order valence-corrected chi connectivity index (χ0v) is 13.6. The Bertz CT molecular complexity index is 479. The molecule has 20 heavy (non-hydrogen) atoms. The van der Waals surface area contributed by atoms with E-state index in [9.17, 15) is 4.79 Å². The largest absolute Gasteiger partial charge is 0.496 e. The minimum atomic E-state index is 0.242. The highest BCUT2D eigenvalue weighted by Gasteiger charge is 2.22. The molecule has 110 valence electrons. The number of hydrogen-bond acceptors (Lipinski definition) is 3. The van der Waals surface area contributed by atoms with Crippen LogP contribution in [0.1, 0.15) is 18.9 Å². The number of methoxy groups -OCH3 is 1. The van der Waals surface area contributed by atoms with E-state index in [4.69, 9.17) is 4.74 Å². The van der Waals surface area contributed by atoms with E-state index in [1.165, 1.54) is 0 Å². The summed E-state index contributed by atoms with van der Waals surface area (Å²) in [7, 11) is 1.65. The Hall–Kier alpha value is -1.07. The summed E-state index contributed by atoms with van der Waals surface area (Å²) >= 11 is 3.47. The number of rotatable bonds is 4. The van der Waals surface area contributed by atoms with Gasteiger partial charge < -0.3 is 15.0 Å². The fraction of sp³-hybridized carbons (Fsp3) is 0.533. The average Bonchev–Trinajstić information content (AvgIpc) is 2.45. The molecule has 1 aliphatic heterocycles. The van der Waals surface area contributed by atoms with Crippen molar-refractivity contribution in [1.82, 2.24) is 10.2 Å². The minimum Gasteiger partial charge on any atom is -0.496 e. The summed E-state index contributed by atoms with van der Waals surface area (Å²) in [6, 6.07) is 6.25. The number of amides is 1. The second-order valence-corrected chi connectivity index (χ2v) is 5.96. The highest BCUT2D eigenvalue weighted by Crippen LogP contribution is 2.26. The number of ether oxygens (including phenoxy) is 1. The molecule has 5 heteroatoms. The monoisotopic (exact) mass is 340 g/mol. The van der Waals surface area contributed by atoms with Crippen LogP contribution in [0.25, 0.3) is 0 Å². The van der Waals surface area contributed by atoms with Crippen LogP contribution in [0.4, 0.5) is 0 Å². The van der Waals surface area contributed by atoms with Crippen molar-refractivity contribution in [3.05, 3.63) is 28.2 Å². The van der Waals surface area contributed by atoms with Crippen molar-refractivity contribution in [3.63, 3.8) is 0 Å². The summed E-state index contributed by atoms with van der Waals surface area (Å²) in [5.74, 6) is 1.06. The molecule has 0 radical (unpaired) electrons. The molecule has 1 heterocycles. The maximum absolute atomic E-state index is 12.3. The van der Waals surface area contributed by atoms with Crippen LogP contribution >= 0.6 is 15.9 Å². The highest BCUT2D eigenvalue weighted by molar-refractivity contribution is 9.10. The van der Waals surface area contributed by atoms with E-state index in [1.54, 1.807) is 7.11 Å². The van der Waals surface area contributed by atoms with Crippen molar-refractivity contribution >= 4 is 21.8 Å². The predicted octanol–water partition coefficient (Wildman–Crippen LogP) is 2.21. The molecule has 1 saturated heterocycles. The van der Waals surface area contributed by atoms with Gasteiger partial charge in [-0.05, 0) is 47.0 Å².